The molecule has 2 N–H and O–H groups in total. The topological polar surface area (TPSA) is 36.4 Å². The van der Waals surface area contributed by atoms with E-state index in [1.54, 1.807) is 12.1 Å². The minimum Gasteiger partial charge on any atom is -0.356 e. The van der Waals surface area contributed by atoms with E-state index in [0.717, 1.165) is 37.0 Å². The second-order valence-electron chi connectivity index (χ2n) is 6.72. The zero-order valence-corrected chi connectivity index (χ0v) is 16.1. The predicted octanol–water partition coefficient (Wildman–Crippen LogP) is 3.73. The van der Waals surface area contributed by atoms with Crippen LogP contribution in [-0.4, -0.2) is 26.1 Å². The van der Waals surface area contributed by atoms with Gasteiger partial charge in [-0.15, -0.1) is 24.0 Å². The number of halogens is 2. The first kappa shape index (κ1) is 18.5. The molecule has 0 bridgehead atoms. The van der Waals surface area contributed by atoms with Crippen LogP contribution in [-0.2, 0) is 6.42 Å². The molecule has 2 fully saturated rings. The average Bonchev–Trinajstić information content (AvgIpc) is 3.29. The summed E-state index contributed by atoms with van der Waals surface area (Å²) in [7, 11) is 1.81. The van der Waals surface area contributed by atoms with E-state index in [1.807, 2.05) is 13.1 Å². The highest BCUT2D eigenvalue weighted by Crippen LogP contribution is 2.56. The third-order valence-electron chi connectivity index (χ3n) is 5.22. The molecule has 1 aromatic rings. The number of aliphatic imine (C=N–C) groups is 1. The van der Waals surface area contributed by atoms with Gasteiger partial charge in [0, 0.05) is 20.1 Å². The smallest absolute Gasteiger partial charge is 0.191 e. The molecule has 0 spiro atoms. The van der Waals surface area contributed by atoms with Gasteiger partial charge in [-0.1, -0.05) is 18.6 Å². The van der Waals surface area contributed by atoms with Crippen molar-refractivity contribution in [3.63, 3.8) is 0 Å². The second kappa shape index (κ2) is 8.31. The van der Waals surface area contributed by atoms with E-state index < -0.39 is 0 Å². The maximum Gasteiger partial charge on any atom is 0.191 e. The number of rotatable bonds is 6. The second-order valence-corrected chi connectivity index (χ2v) is 6.72. The highest BCUT2D eigenvalue weighted by molar-refractivity contribution is 14.0. The van der Waals surface area contributed by atoms with Crippen molar-refractivity contribution >= 4 is 29.9 Å². The summed E-state index contributed by atoms with van der Waals surface area (Å²) in [6, 6.07) is 6.78. The van der Waals surface area contributed by atoms with E-state index >= 15 is 0 Å². The molecule has 2 aliphatic carbocycles. The third-order valence-corrected chi connectivity index (χ3v) is 5.22. The third kappa shape index (κ3) is 4.81. The maximum absolute atomic E-state index is 13.1. The van der Waals surface area contributed by atoms with Crippen molar-refractivity contribution in [1.29, 1.82) is 0 Å². The van der Waals surface area contributed by atoms with Gasteiger partial charge in [-0.3, -0.25) is 4.99 Å². The summed E-state index contributed by atoms with van der Waals surface area (Å²) in [6.07, 6.45) is 7.73. The standard InChI is InChI=1S/C18H26FN3.HI/c1-20-17(21-11-8-14-4-2-5-16(19)12-14)22-13-18(9-3-10-18)15-6-7-15;/h2,4-5,12,15H,3,6-11,13H2,1H3,(H2,20,21,22);1H. The summed E-state index contributed by atoms with van der Waals surface area (Å²) in [5.74, 6) is 1.64. The molecular weight excluding hydrogens is 404 g/mol. The normalized spacial score (nSPS) is 19.5. The molecule has 1 aromatic carbocycles. The quantitative estimate of drug-likeness (QED) is 0.409. The zero-order valence-electron chi connectivity index (χ0n) is 13.8. The summed E-state index contributed by atoms with van der Waals surface area (Å²) >= 11 is 0. The van der Waals surface area contributed by atoms with Crippen LogP contribution in [0.25, 0.3) is 0 Å². The fraction of sp³-hybridized carbons (Fsp3) is 0.611. The molecule has 0 radical (unpaired) electrons. The van der Waals surface area contributed by atoms with E-state index in [9.17, 15) is 4.39 Å². The van der Waals surface area contributed by atoms with Crippen LogP contribution in [0.3, 0.4) is 0 Å². The lowest BCUT2D eigenvalue weighted by molar-refractivity contribution is 0.106. The van der Waals surface area contributed by atoms with Crippen molar-refractivity contribution in [3.05, 3.63) is 35.6 Å². The van der Waals surface area contributed by atoms with Crippen LogP contribution in [0.15, 0.2) is 29.3 Å². The SMILES string of the molecule is CN=C(NCCc1cccc(F)c1)NCC1(C2CC2)CCC1.I. The molecule has 2 saturated carbocycles. The predicted molar refractivity (Wildman–Crippen MR) is 104 cm³/mol. The maximum atomic E-state index is 13.1. The van der Waals surface area contributed by atoms with Gasteiger partial charge in [0.05, 0.1) is 0 Å². The van der Waals surface area contributed by atoms with Gasteiger partial charge in [0.25, 0.3) is 0 Å². The molecule has 0 amide bonds. The monoisotopic (exact) mass is 431 g/mol. The zero-order chi connectivity index (χ0) is 15.4. The number of guanidine groups is 1. The van der Waals surface area contributed by atoms with Gasteiger partial charge < -0.3 is 10.6 Å². The molecule has 3 nitrogen and oxygen atoms in total. The van der Waals surface area contributed by atoms with Gasteiger partial charge in [-0.25, -0.2) is 4.39 Å². The lowest BCUT2D eigenvalue weighted by Gasteiger charge is -2.43. The number of hydrogen-bond acceptors (Lipinski definition) is 1. The molecule has 0 heterocycles. The van der Waals surface area contributed by atoms with E-state index in [1.165, 1.54) is 38.2 Å². The van der Waals surface area contributed by atoms with Crippen LogP contribution in [0.2, 0.25) is 0 Å². The highest BCUT2D eigenvalue weighted by Gasteiger charge is 2.48. The van der Waals surface area contributed by atoms with E-state index in [-0.39, 0.29) is 29.8 Å². The Kier molecular flexibility index (Phi) is 6.68. The first-order valence-corrected chi connectivity index (χ1v) is 8.41. The Morgan fingerprint density at radius 2 is 2.09 bits per heavy atom. The average molecular weight is 431 g/mol. The first-order chi connectivity index (χ1) is 10.7. The van der Waals surface area contributed by atoms with Crippen molar-refractivity contribution in [2.75, 3.05) is 20.1 Å². The number of nitrogens with zero attached hydrogens (tertiary/aromatic N) is 1. The van der Waals surface area contributed by atoms with E-state index in [2.05, 4.69) is 15.6 Å². The summed E-state index contributed by atoms with van der Waals surface area (Å²) in [6.45, 7) is 1.80. The van der Waals surface area contributed by atoms with Crippen molar-refractivity contribution in [1.82, 2.24) is 10.6 Å². The highest BCUT2D eigenvalue weighted by atomic mass is 127. The summed E-state index contributed by atoms with van der Waals surface area (Å²) in [5, 5.41) is 6.83. The van der Waals surface area contributed by atoms with Crippen molar-refractivity contribution in [2.45, 2.75) is 38.5 Å². The molecule has 3 rings (SSSR count). The van der Waals surface area contributed by atoms with E-state index in [4.69, 9.17) is 0 Å². The van der Waals surface area contributed by atoms with Gasteiger partial charge in [0.1, 0.15) is 5.82 Å². The van der Waals surface area contributed by atoms with Crippen LogP contribution < -0.4 is 10.6 Å². The van der Waals surface area contributed by atoms with Gasteiger partial charge in [0.15, 0.2) is 5.96 Å². The van der Waals surface area contributed by atoms with Gasteiger partial charge in [-0.05, 0) is 61.1 Å². The molecular formula is C18H27FIN3. The lowest BCUT2D eigenvalue weighted by Crippen LogP contribution is -2.47. The van der Waals surface area contributed by atoms with Crippen molar-refractivity contribution in [2.24, 2.45) is 16.3 Å². The molecule has 0 unspecified atom stereocenters. The fourth-order valence-corrected chi connectivity index (χ4v) is 3.55. The number of benzene rings is 1. The molecule has 0 aliphatic heterocycles. The van der Waals surface area contributed by atoms with Gasteiger partial charge in [0.2, 0.25) is 0 Å². The van der Waals surface area contributed by atoms with Gasteiger partial charge >= 0.3 is 0 Å². The van der Waals surface area contributed by atoms with Crippen LogP contribution >= 0.6 is 24.0 Å². The van der Waals surface area contributed by atoms with E-state index in [0.29, 0.717) is 5.41 Å². The number of nitrogens with one attached hydrogen (secondary N) is 2. The Labute approximate surface area is 155 Å². The Balaban J connectivity index is 0.00000192. The molecule has 2 aliphatic rings. The van der Waals surface area contributed by atoms with Crippen molar-refractivity contribution in [3.8, 4) is 0 Å². The Morgan fingerprint density at radius 1 is 1.30 bits per heavy atom. The minimum atomic E-state index is -0.170. The van der Waals surface area contributed by atoms with Crippen LogP contribution in [0, 0.1) is 17.2 Å². The minimum absolute atomic E-state index is 0. The molecule has 23 heavy (non-hydrogen) atoms. The fourth-order valence-electron chi connectivity index (χ4n) is 3.55. The largest absolute Gasteiger partial charge is 0.356 e. The molecule has 128 valence electrons. The Morgan fingerprint density at radius 3 is 2.65 bits per heavy atom. The van der Waals surface area contributed by atoms with Crippen LogP contribution in [0.4, 0.5) is 4.39 Å². The number of hydrogen-bond donors (Lipinski definition) is 2. The molecule has 0 atom stereocenters. The molecule has 0 aromatic heterocycles. The summed E-state index contributed by atoms with van der Waals surface area (Å²) in [5.41, 5.74) is 1.55. The summed E-state index contributed by atoms with van der Waals surface area (Å²) < 4.78 is 13.1. The first-order valence-electron chi connectivity index (χ1n) is 8.41. The Hall–Kier alpha value is -0.850. The molecule has 0 saturated heterocycles. The van der Waals surface area contributed by atoms with Crippen LogP contribution in [0.5, 0.6) is 0 Å². The summed E-state index contributed by atoms with van der Waals surface area (Å²) in [4.78, 5) is 4.30. The van der Waals surface area contributed by atoms with Crippen molar-refractivity contribution < 1.29 is 4.39 Å². The Bertz CT molecular complexity index is 539. The molecule has 5 heteroatoms. The lowest BCUT2D eigenvalue weighted by atomic mass is 9.65. The van der Waals surface area contributed by atoms with Crippen LogP contribution in [0.1, 0.15) is 37.7 Å². The van der Waals surface area contributed by atoms with Gasteiger partial charge in [-0.2, -0.15) is 0 Å².